The summed E-state index contributed by atoms with van der Waals surface area (Å²) in [4.78, 5) is 29.3. The second kappa shape index (κ2) is 7.85. The van der Waals surface area contributed by atoms with Crippen molar-refractivity contribution in [2.45, 2.75) is 5.79 Å². The Balaban J connectivity index is 1.43. The first kappa shape index (κ1) is 21.7. The molecule has 174 valence electrons. The monoisotopic (exact) mass is 506 g/mol. The highest BCUT2D eigenvalue weighted by Crippen LogP contribution is 2.33. The number of aromatic amines is 2. The van der Waals surface area contributed by atoms with E-state index in [1.807, 2.05) is 6.07 Å². The fourth-order valence-corrected chi connectivity index (χ4v) is 4.32. The van der Waals surface area contributed by atoms with Crippen molar-refractivity contribution < 1.29 is 10.2 Å². The minimum absolute atomic E-state index is 0.112. The molecule has 0 aliphatic heterocycles. The summed E-state index contributed by atoms with van der Waals surface area (Å²) in [5, 5.41) is 24.6. The lowest BCUT2D eigenvalue weighted by atomic mass is 10.0. The average Bonchev–Trinajstić information content (AvgIpc) is 3.47. The number of nitrogens with one attached hydrogen (secondary N) is 2. The molecule has 0 atom stereocenters. The average molecular weight is 507 g/mol. The van der Waals surface area contributed by atoms with Crippen LogP contribution in [0.3, 0.4) is 0 Å². The molecular formula is C23H16Cl2N8O2. The van der Waals surface area contributed by atoms with Gasteiger partial charge in [0.1, 0.15) is 17.5 Å². The molecule has 0 spiro atoms. The number of imidazole rings is 1. The first-order chi connectivity index (χ1) is 16.8. The molecule has 0 unspecified atom stereocenters. The Morgan fingerprint density at radius 3 is 2.71 bits per heavy atom. The Morgan fingerprint density at radius 1 is 1.00 bits per heavy atom. The zero-order valence-electron chi connectivity index (χ0n) is 18.0. The zero-order chi connectivity index (χ0) is 24.3. The van der Waals surface area contributed by atoms with E-state index < -0.39 is 5.79 Å². The molecule has 1 aromatic carbocycles. The number of hydrogen-bond acceptors (Lipinski definition) is 8. The molecule has 0 amide bonds. The van der Waals surface area contributed by atoms with Crippen molar-refractivity contribution in [2.75, 3.05) is 11.9 Å². The molecule has 0 aliphatic carbocycles. The molecule has 0 bridgehead atoms. The number of rotatable bonds is 4. The van der Waals surface area contributed by atoms with E-state index >= 15 is 0 Å². The van der Waals surface area contributed by atoms with Gasteiger partial charge >= 0.3 is 0 Å². The molecular weight excluding hydrogens is 491 g/mol. The fraction of sp³-hybridized carbons (Fsp3) is 0.0870. The highest BCUT2D eigenvalue weighted by Gasteiger charge is 2.33. The smallest absolute Gasteiger partial charge is 0.251 e. The predicted octanol–water partition coefficient (Wildman–Crippen LogP) is 4.04. The number of benzene rings is 1. The van der Waals surface area contributed by atoms with Crippen LogP contribution in [0.5, 0.6) is 0 Å². The van der Waals surface area contributed by atoms with E-state index in [9.17, 15) is 10.2 Å². The van der Waals surface area contributed by atoms with Crippen molar-refractivity contribution in [3.8, 4) is 0 Å². The van der Waals surface area contributed by atoms with Gasteiger partial charge in [-0.15, -0.1) is 0 Å². The van der Waals surface area contributed by atoms with Crippen LogP contribution in [0, 0.1) is 0 Å². The van der Waals surface area contributed by atoms with E-state index in [0.29, 0.717) is 43.6 Å². The Morgan fingerprint density at radius 2 is 1.86 bits per heavy atom. The van der Waals surface area contributed by atoms with Crippen LogP contribution < -0.4 is 4.90 Å². The first-order valence-corrected chi connectivity index (χ1v) is 11.1. The molecule has 10 nitrogen and oxygen atoms in total. The molecule has 4 N–H and O–H groups in total. The largest absolute Gasteiger partial charge is 0.356 e. The van der Waals surface area contributed by atoms with Crippen molar-refractivity contribution >= 4 is 67.8 Å². The van der Waals surface area contributed by atoms with Gasteiger partial charge < -0.3 is 25.1 Å². The minimum Gasteiger partial charge on any atom is -0.356 e. The Hall–Kier alpha value is -3.83. The zero-order valence-corrected chi connectivity index (χ0v) is 19.5. The lowest BCUT2D eigenvalue weighted by Crippen LogP contribution is -2.28. The minimum atomic E-state index is -2.44. The molecule has 0 radical (unpaired) electrons. The number of aliphatic hydroxyl groups is 2. The van der Waals surface area contributed by atoms with Crippen LogP contribution in [0.4, 0.5) is 11.5 Å². The van der Waals surface area contributed by atoms with Gasteiger partial charge in [0.15, 0.2) is 17.3 Å². The first-order valence-electron chi connectivity index (χ1n) is 10.4. The van der Waals surface area contributed by atoms with Crippen LogP contribution in [0.25, 0.3) is 33.1 Å². The van der Waals surface area contributed by atoms with E-state index in [2.05, 4.69) is 34.9 Å². The van der Waals surface area contributed by atoms with E-state index in [-0.39, 0.29) is 17.0 Å². The molecule has 0 saturated heterocycles. The Bertz CT molecular complexity index is 1750. The highest BCUT2D eigenvalue weighted by molar-refractivity contribution is 6.35. The molecule has 0 saturated carbocycles. The van der Waals surface area contributed by atoms with Crippen LogP contribution in [0.1, 0.15) is 11.4 Å². The topological polar surface area (TPSA) is 140 Å². The maximum atomic E-state index is 11.1. The third kappa shape index (κ3) is 3.55. The molecule has 5 heterocycles. The van der Waals surface area contributed by atoms with Gasteiger partial charge in [0.2, 0.25) is 0 Å². The summed E-state index contributed by atoms with van der Waals surface area (Å²) in [6.45, 7) is 0. The summed E-state index contributed by atoms with van der Waals surface area (Å²) >= 11 is 12.3. The molecule has 6 aromatic rings. The number of hydrogen-bond donors (Lipinski definition) is 4. The third-order valence-electron chi connectivity index (χ3n) is 5.82. The number of fused-ring (bicyclic) bond motifs is 3. The molecule has 35 heavy (non-hydrogen) atoms. The van der Waals surface area contributed by atoms with Crippen molar-refractivity contribution in [2.24, 2.45) is 0 Å². The summed E-state index contributed by atoms with van der Waals surface area (Å²) in [5.41, 5.74) is 2.93. The molecule has 0 fully saturated rings. The van der Waals surface area contributed by atoms with Crippen molar-refractivity contribution in [3.05, 3.63) is 76.7 Å². The number of nitrogens with zero attached hydrogens (tertiary/aromatic N) is 6. The second-order valence-electron chi connectivity index (χ2n) is 8.00. The Labute approximate surface area is 207 Å². The Kier molecular flexibility index (Phi) is 4.87. The number of H-pyrrole nitrogens is 2. The van der Waals surface area contributed by atoms with E-state index in [0.717, 1.165) is 5.39 Å². The van der Waals surface area contributed by atoms with Gasteiger partial charge in [-0.1, -0.05) is 29.3 Å². The number of halogens is 2. The van der Waals surface area contributed by atoms with E-state index in [4.69, 9.17) is 23.2 Å². The summed E-state index contributed by atoms with van der Waals surface area (Å²) in [7, 11) is 1.80. The van der Waals surface area contributed by atoms with Crippen LogP contribution in [0.2, 0.25) is 10.0 Å². The summed E-state index contributed by atoms with van der Waals surface area (Å²) in [5.74, 6) is -2.09. The summed E-state index contributed by atoms with van der Waals surface area (Å²) in [6, 6.07) is 8.42. The molecule has 12 heteroatoms. The number of aromatic nitrogens is 7. The van der Waals surface area contributed by atoms with Crippen LogP contribution in [-0.2, 0) is 5.79 Å². The van der Waals surface area contributed by atoms with Gasteiger partial charge in [-0.3, -0.25) is 4.98 Å². The normalized spacial score (nSPS) is 12.1. The fourth-order valence-electron chi connectivity index (χ4n) is 3.96. The molecule has 0 aliphatic rings. The van der Waals surface area contributed by atoms with Gasteiger partial charge in [-0.25, -0.2) is 19.9 Å². The van der Waals surface area contributed by atoms with Crippen molar-refractivity contribution in [1.29, 1.82) is 0 Å². The SMILES string of the molecule is CN(c1cnc2[nH]cc(Cl)c2c1)c1ncnc2nc(C(O)(O)c3ccc4ncc(Cl)cc4c3)[nH]c12. The highest BCUT2D eigenvalue weighted by atomic mass is 35.5. The summed E-state index contributed by atoms with van der Waals surface area (Å²) < 4.78 is 0. The quantitative estimate of drug-likeness (QED) is 0.262. The van der Waals surface area contributed by atoms with Gasteiger partial charge in [-0.2, -0.15) is 0 Å². The van der Waals surface area contributed by atoms with Gasteiger partial charge in [0.05, 0.1) is 27.4 Å². The third-order valence-corrected chi connectivity index (χ3v) is 6.34. The molecule has 5 aromatic heterocycles. The molecule has 6 rings (SSSR count). The number of anilines is 2. The van der Waals surface area contributed by atoms with Gasteiger partial charge in [0.25, 0.3) is 5.79 Å². The van der Waals surface area contributed by atoms with Crippen LogP contribution >= 0.6 is 23.2 Å². The maximum absolute atomic E-state index is 11.1. The lowest BCUT2D eigenvalue weighted by molar-refractivity contribution is -0.137. The summed E-state index contributed by atoms with van der Waals surface area (Å²) in [6.07, 6.45) is 6.24. The van der Waals surface area contributed by atoms with Crippen molar-refractivity contribution in [1.82, 2.24) is 34.9 Å². The van der Waals surface area contributed by atoms with E-state index in [1.165, 1.54) is 12.5 Å². The van der Waals surface area contributed by atoms with Gasteiger partial charge in [-0.05, 0) is 24.3 Å². The van der Waals surface area contributed by atoms with Gasteiger partial charge in [0, 0.05) is 35.8 Å². The second-order valence-corrected chi connectivity index (χ2v) is 8.84. The van der Waals surface area contributed by atoms with E-state index in [1.54, 1.807) is 48.6 Å². The van der Waals surface area contributed by atoms with Crippen molar-refractivity contribution in [3.63, 3.8) is 0 Å². The standard InChI is InChI=1S/C23H16Cl2N8O2/c1-33(14-6-15-16(25)9-28-19(15)27-8-14)21-18-20(29-10-30-21)32-22(31-18)23(34,35)12-2-3-17-11(4-12)5-13(24)7-26-17/h2-10,34-35H,1H3,(H,27,28)(H,29,30,31,32). The number of pyridine rings is 2. The lowest BCUT2D eigenvalue weighted by Gasteiger charge is -2.20. The predicted molar refractivity (Wildman–Crippen MR) is 133 cm³/mol. The van der Waals surface area contributed by atoms with Crippen LogP contribution in [0.15, 0.2) is 55.2 Å². The van der Waals surface area contributed by atoms with Crippen LogP contribution in [-0.4, -0.2) is 52.1 Å². The maximum Gasteiger partial charge on any atom is 0.251 e.